The van der Waals surface area contributed by atoms with Gasteiger partial charge in [0, 0.05) is 11.5 Å². The molecule has 2 aliphatic heterocycles. The highest BCUT2D eigenvalue weighted by Gasteiger charge is 2.66. The van der Waals surface area contributed by atoms with E-state index in [1.807, 2.05) is 4.90 Å². The van der Waals surface area contributed by atoms with Crippen molar-refractivity contribution in [2.24, 2.45) is 23.2 Å². The molecule has 7 rings (SSSR count). The molecule has 5 heteroatoms. The zero-order valence-electron chi connectivity index (χ0n) is 13.3. The lowest BCUT2D eigenvalue weighted by atomic mass is 9.46. The highest BCUT2D eigenvalue weighted by atomic mass is 16.3. The second-order valence-corrected chi connectivity index (χ2v) is 9.55. The van der Waals surface area contributed by atoms with Gasteiger partial charge in [-0.05, 0) is 69.1 Å². The van der Waals surface area contributed by atoms with Crippen LogP contribution in [0.25, 0.3) is 0 Å². The molecular formula is C18H24N2O3. The number of carbonyl (C=O) groups excluding carboxylic acids is 2. The number of hydrogen-bond donors (Lipinski definition) is 2. The predicted molar refractivity (Wildman–Crippen MR) is 81.1 cm³/mol. The molecule has 0 aromatic rings. The number of amides is 2. The fourth-order valence-electron chi connectivity index (χ4n) is 7.49. The normalized spacial score (nSPS) is 58.9. The number of aliphatic hydroxyl groups is 1. The minimum absolute atomic E-state index is 0.0598. The molecule has 5 aliphatic carbocycles. The molecule has 2 saturated heterocycles. The Morgan fingerprint density at radius 2 is 1.78 bits per heavy atom. The Hall–Kier alpha value is -1.10. The van der Waals surface area contributed by atoms with Gasteiger partial charge in [0.1, 0.15) is 12.1 Å². The second kappa shape index (κ2) is 3.76. The lowest BCUT2D eigenvalue weighted by Crippen LogP contribution is -2.71. The summed E-state index contributed by atoms with van der Waals surface area (Å²) in [5.74, 6) is 1.86. The quantitative estimate of drug-likeness (QED) is 0.752. The summed E-state index contributed by atoms with van der Waals surface area (Å²) in [6.45, 7) is 0. The molecule has 6 atom stereocenters. The van der Waals surface area contributed by atoms with Gasteiger partial charge >= 0.3 is 0 Å². The summed E-state index contributed by atoms with van der Waals surface area (Å²) in [6, 6.07) is -0.263. The van der Waals surface area contributed by atoms with Crippen LogP contribution in [0.3, 0.4) is 0 Å². The van der Waals surface area contributed by atoms with E-state index in [4.69, 9.17) is 0 Å². The Bertz CT molecular complexity index is 618. The van der Waals surface area contributed by atoms with E-state index in [0.29, 0.717) is 30.2 Å². The molecular weight excluding hydrogens is 292 g/mol. The summed E-state index contributed by atoms with van der Waals surface area (Å²) in [5, 5.41) is 14.1. The maximum absolute atomic E-state index is 13.2. The number of nitrogens with one attached hydrogen (secondary N) is 1. The molecule has 5 nitrogen and oxygen atoms in total. The zero-order valence-corrected chi connectivity index (χ0v) is 13.3. The minimum atomic E-state index is -0.584. The van der Waals surface area contributed by atoms with Crippen LogP contribution in [0.5, 0.6) is 0 Å². The standard InChI is InChI=1S/C18H24N2O3/c21-15-13-3-11-2-12(11)20(13)16(22)14(19-15)17-4-9-1-10(5-17)7-18(23,6-9)8-17/h9-14,23H,1-8H2,(H,19,21)/t9-,10-,11+,12+,13-,14-,17?,18?/m1/s1. The molecule has 7 fully saturated rings. The first-order chi connectivity index (χ1) is 11.0. The minimum Gasteiger partial charge on any atom is -0.390 e. The van der Waals surface area contributed by atoms with Crippen LogP contribution >= 0.6 is 0 Å². The maximum Gasteiger partial charge on any atom is 0.246 e. The molecule has 2 N–H and O–H groups in total. The van der Waals surface area contributed by atoms with Crippen molar-refractivity contribution in [3.8, 4) is 0 Å². The lowest BCUT2D eigenvalue weighted by Gasteiger charge is -2.62. The fraction of sp³-hybridized carbons (Fsp3) is 0.889. The Balaban J connectivity index is 1.39. The fourth-order valence-corrected chi connectivity index (χ4v) is 7.49. The molecule has 0 aromatic heterocycles. The molecule has 23 heavy (non-hydrogen) atoms. The van der Waals surface area contributed by atoms with Gasteiger partial charge in [-0.15, -0.1) is 0 Å². The first kappa shape index (κ1) is 13.2. The average Bonchev–Trinajstić information content (AvgIpc) is 3.10. The zero-order chi connectivity index (χ0) is 15.6. The first-order valence-corrected chi connectivity index (χ1v) is 9.31. The van der Waals surface area contributed by atoms with Gasteiger partial charge in [-0.2, -0.15) is 0 Å². The van der Waals surface area contributed by atoms with Crippen molar-refractivity contribution < 1.29 is 14.7 Å². The van der Waals surface area contributed by atoms with E-state index in [9.17, 15) is 14.7 Å². The molecule has 0 radical (unpaired) electrons. The number of piperidine rings is 1. The van der Waals surface area contributed by atoms with Gasteiger partial charge in [0.25, 0.3) is 0 Å². The van der Waals surface area contributed by atoms with Gasteiger partial charge < -0.3 is 15.3 Å². The van der Waals surface area contributed by atoms with Gasteiger partial charge in [0.2, 0.25) is 11.8 Å². The van der Waals surface area contributed by atoms with E-state index < -0.39 is 5.60 Å². The van der Waals surface area contributed by atoms with E-state index in [0.717, 1.165) is 38.5 Å². The van der Waals surface area contributed by atoms with Gasteiger partial charge in [0.05, 0.1) is 5.60 Å². The van der Waals surface area contributed by atoms with Crippen molar-refractivity contribution in [3.05, 3.63) is 0 Å². The molecule has 0 spiro atoms. The highest BCUT2D eigenvalue weighted by molar-refractivity contribution is 5.98. The van der Waals surface area contributed by atoms with Crippen LogP contribution in [0.1, 0.15) is 51.4 Å². The number of hydrogen-bond acceptors (Lipinski definition) is 3. The van der Waals surface area contributed by atoms with Crippen LogP contribution in [0, 0.1) is 23.2 Å². The molecule has 2 heterocycles. The lowest BCUT2D eigenvalue weighted by molar-refractivity contribution is -0.186. The number of piperazine rings is 1. The van der Waals surface area contributed by atoms with Crippen LogP contribution in [0.2, 0.25) is 0 Å². The summed E-state index contributed by atoms with van der Waals surface area (Å²) >= 11 is 0. The summed E-state index contributed by atoms with van der Waals surface area (Å²) in [5.41, 5.74) is -0.775. The Kier molecular flexibility index (Phi) is 2.16. The summed E-state index contributed by atoms with van der Waals surface area (Å²) in [6.07, 6.45) is 7.67. The summed E-state index contributed by atoms with van der Waals surface area (Å²) in [7, 11) is 0. The van der Waals surface area contributed by atoms with E-state index in [-0.39, 0.29) is 29.3 Å². The van der Waals surface area contributed by atoms with E-state index in [2.05, 4.69) is 5.32 Å². The van der Waals surface area contributed by atoms with E-state index in [1.165, 1.54) is 6.42 Å². The van der Waals surface area contributed by atoms with Crippen molar-refractivity contribution in [2.45, 2.75) is 75.1 Å². The van der Waals surface area contributed by atoms with Crippen molar-refractivity contribution in [1.82, 2.24) is 10.2 Å². The van der Waals surface area contributed by atoms with E-state index in [1.54, 1.807) is 0 Å². The number of rotatable bonds is 1. The molecule has 2 amide bonds. The van der Waals surface area contributed by atoms with Gasteiger partial charge in [-0.1, -0.05) is 0 Å². The van der Waals surface area contributed by atoms with E-state index >= 15 is 0 Å². The predicted octanol–water partition coefficient (Wildman–Crippen LogP) is 0.805. The van der Waals surface area contributed by atoms with Gasteiger partial charge in [-0.25, -0.2) is 0 Å². The van der Waals surface area contributed by atoms with Crippen molar-refractivity contribution >= 4 is 11.8 Å². The van der Waals surface area contributed by atoms with Crippen molar-refractivity contribution in [3.63, 3.8) is 0 Å². The monoisotopic (exact) mass is 316 g/mol. The maximum atomic E-state index is 13.2. The van der Waals surface area contributed by atoms with Crippen molar-refractivity contribution in [1.29, 1.82) is 0 Å². The largest absolute Gasteiger partial charge is 0.390 e. The number of carbonyl (C=O) groups is 2. The third kappa shape index (κ3) is 1.57. The molecule has 7 aliphatic rings. The Labute approximate surface area is 135 Å². The average molecular weight is 316 g/mol. The Morgan fingerprint density at radius 3 is 2.48 bits per heavy atom. The van der Waals surface area contributed by atoms with Crippen LogP contribution in [-0.4, -0.2) is 45.5 Å². The van der Waals surface area contributed by atoms with Crippen LogP contribution in [0.15, 0.2) is 0 Å². The number of nitrogens with zero attached hydrogens (tertiary/aromatic N) is 1. The summed E-state index contributed by atoms with van der Waals surface area (Å²) < 4.78 is 0. The number of fused-ring (bicyclic) bond motifs is 3. The van der Waals surface area contributed by atoms with Crippen molar-refractivity contribution in [2.75, 3.05) is 0 Å². The van der Waals surface area contributed by atoms with Gasteiger partial charge in [-0.3, -0.25) is 9.59 Å². The summed E-state index contributed by atoms with van der Waals surface area (Å²) in [4.78, 5) is 27.8. The topological polar surface area (TPSA) is 69.6 Å². The molecule has 5 saturated carbocycles. The highest BCUT2D eigenvalue weighted by Crippen LogP contribution is 2.63. The van der Waals surface area contributed by atoms with Crippen LogP contribution in [-0.2, 0) is 9.59 Å². The van der Waals surface area contributed by atoms with Crippen LogP contribution < -0.4 is 5.32 Å². The van der Waals surface area contributed by atoms with Gasteiger partial charge in [0.15, 0.2) is 0 Å². The molecule has 0 aromatic carbocycles. The SMILES string of the molecule is O=C1N[C@@H](C23C[C@H]4C[C@@H](CC(O)(C4)C2)C3)C(=O)N2[C@@H]1C[C@@H]1C[C@@H]12. The third-order valence-electron chi connectivity index (χ3n) is 7.88. The third-order valence-corrected chi connectivity index (χ3v) is 7.88. The molecule has 0 unspecified atom stereocenters. The van der Waals surface area contributed by atoms with Crippen LogP contribution in [0.4, 0.5) is 0 Å². The Morgan fingerprint density at radius 1 is 1.04 bits per heavy atom. The molecule has 4 bridgehead atoms. The smallest absolute Gasteiger partial charge is 0.246 e. The second-order valence-electron chi connectivity index (χ2n) is 9.55. The first-order valence-electron chi connectivity index (χ1n) is 9.31. The molecule has 124 valence electrons.